The molecule has 21 heavy (non-hydrogen) atoms. The fourth-order valence-electron chi connectivity index (χ4n) is 2.49. The summed E-state index contributed by atoms with van der Waals surface area (Å²) < 4.78 is 15.2. The van der Waals surface area contributed by atoms with Crippen molar-refractivity contribution < 1.29 is 4.39 Å². The monoisotopic (exact) mass is 301 g/mol. The van der Waals surface area contributed by atoms with E-state index in [4.69, 9.17) is 5.73 Å². The summed E-state index contributed by atoms with van der Waals surface area (Å²) in [6, 6.07) is 8.73. The zero-order valence-corrected chi connectivity index (χ0v) is 12.7. The average Bonchev–Trinajstić information content (AvgIpc) is 2.99. The molecular weight excluding hydrogens is 285 g/mol. The molecule has 2 aromatic heterocycles. The summed E-state index contributed by atoms with van der Waals surface area (Å²) in [5.74, 6) is -0.210. The smallest absolute Gasteiger partial charge is 0.180 e. The zero-order valence-electron chi connectivity index (χ0n) is 11.9. The van der Waals surface area contributed by atoms with E-state index < -0.39 is 0 Å². The van der Waals surface area contributed by atoms with Gasteiger partial charge in [-0.15, -0.1) is 11.3 Å². The molecule has 0 atom stereocenters. The summed E-state index contributed by atoms with van der Waals surface area (Å²) in [6.45, 7) is 4.86. The van der Waals surface area contributed by atoms with E-state index in [0.29, 0.717) is 5.13 Å². The Bertz CT molecular complexity index is 771. The van der Waals surface area contributed by atoms with Gasteiger partial charge < -0.3 is 10.3 Å². The molecular formula is C16H16FN3S. The van der Waals surface area contributed by atoms with Crippen molar-refractivity contribution in [3.8, 4) is 11.3 Å². The van der Waals surface area contributed by atoms with Crippen LogP contribution in [0.2, 0.25) is 0 Å². The molecule has 3 aromatic rings. The molecule has 0 radical (unpaired) electrons. The third-order valence-electron chi connectivity index (χ3n) is 3.63. The Morgan fingerprint density at radius 1 is 1.24 bits per heavy atom. The maximum absolute atomic E-state index is 13.0. The predicted molar refractivity (Wildman–Crippen MR) is 84.9 cm³/mol. The lowest BCUT2D eigenvalue weighted by molar-refractivity contribution is 0.626. The van der Waals surface area contributed by atoms with Gasteiger partial charge in [-0.25, -0.2) is 9.37 Å². The van der Waals surface area contributed by atoms with Crippen LogP contribution in [-0.4, -0.2) is 9.55 Å². The van der Waals surface area contributed by atoms with Gasteiger partial charge in [0.1, 0.15) is 5.82 Å². The van der Waals surface area contributed by atoms with Crippen LogP contribution >= 0.6 is 11.3 Å². The van der Waals surface area contributed by atoms with Crippen molar-refractivity contribution in [3.63, 3.8) is 0 Å². The van der Waals surface area contributed by atoms with Gasteiger partial charge in [-0.1, -0.05) is 12.1 Å². The molecule has 3 rings (SSSR count). The SMILES string of the molecule is Cc1cc(-c2csc(N)n2)c(C)n1Cc1ccc(F)cc1. The number of benzene rings is 1. The van der Waals surface area contributed by atoms with E-state index in [1.54, 1.807) is 0 Å². The number of hydrogen-bond acceptors (Lipinski definition) is 3. The number of aryl methyl sites for hydroxylation is 1. The lowest BCUT2D eigenvalue weighted by Crippen LogP contribution is -2.03. The highest BCUT2D eigenvalue weighted by molar-refractivity contribution is 7.13. The summed E-state index contributed by atoms with van der Waals surface area (Å²) >= 11 is 1.44. The van der Waals surface area contributed by atoms with Crippen LogP contribution in [0.25, 0.3) is 11.3 Å². The third-order valence-corrected chi connectivity index (χ3v) is 4.30. The molecule has 0 fully saturated rings. The Hall–Kier alpha value is -2.14. The second kappa shape index (κ2) is 5.33. The standard InChI is InChI=1S/C16H16FN3S/c1-10-7-14(15-9-21-16(18)19-15)11(2)20(10)8-12-3-5-13(17)6-4-12/h3-7,9H,8H2,1-2H3,(H2,18,19). The first kappa shape index (κ1) is 13.8. The predicted octanol–water partition coefficient (Wildman–Crippen LogP) is 4.00. The number of rotatable bonds is 3. The highest BCUT2D eigenvalue weighted by Crippen LogP contribution is 2.29. The number of nitrogens with two attached hydrogens (primary N) is 1. The molecule has 108 valence electrons. The minimum absolute atomic E-state index is 0.210. The molecule has 5 heteroatoms. The van der Waals surface area contributed by atoms with Gasteiger partial charge in [0.05, 0.1) is 5.69 Å². The van der Waals surface area contributed by atoms with Gasteiger partial charge in [0, 0.05) is 28.9 Å². The summed E-state index contributed by atoms with van der Waals surface area (Å²) in [6.07, 6.45) is 0. The number of aromatic nitrogens is 2. The van der Waals surface area contributed by atoms with Crippen LogP contribution in [0.1, 0.15) is 17.0 Å². The van der Waals surface area contributed by atoms with Crippen LogP contribution in [0.3, 0.4) is 0 Å². The number of anilines is 1. The van der Waals surface area contributed by atoms with Crippen LogP contribution in [0.15, 0.2) is 35.7 Å². The van der Waals surface area contributed by atoms with Gasteiger partial charge in [-0.3, -0.25) is 0 Å². The molecule has 0 unspecified atom stereocenters. The van der Waals surface area contributed by atoms with Crippen molar-refractivity contribution in [1.82, 2.24) is 9.55 Å². The van der Waals surface area contributed by atoms with Gasteiger partial charge in [0.15, 0.2) is 5.13 Å². The first-order chi connectivity index (χ1) is 10.0. The quantitative estimate of drug-likeness (QED) is 0.794. The van der Waals surface area contributed by atoms with Crippen molar-refractivity contribution >= 4 is 16.5 Å². The summed E-state index contributed by atoms with van der Waals surface area (Å²) in [4.78, 5) is 4.35. The van der Waals surface area contributed by atoms with Crippen LogP contribution < -0.4 is 5.73 Å². The fourth-order valence-corrected chi connectivity index (χ4v) is 3.05. The zero-order chi connectivity index (χ0) is 15.0. The molecule has 0 saturated carbocycles. The second-order valence-electron chi connectivity index (χ2n) is 5.07. The van der Waals surface area contributed by atoms with Gasteiger partial charge in [0.25, 0.3) is 0 Å². The molecule has 1 aromatic carbocycles. The highest BCUT2D eigenvalue weighted by atomic mass is 32.1. The molecule has 2 N–H and O–H groups in total. The number of hydrogen-bond donors (Lipinski definition) is 1. The lowest BCUT2D eigenvalue weighted by Gasteiger charge is -2.10. The van der Waals surface area contributed by atoms with E-state index in [2.05, 4.69) is 29.5 Å². The van der Waals surface area contributed by atoms with Gasteiger partial charge in [0.2, 0.25) is 0 Å². The largest absolute Gasteiger partial charge is 0.375 e. The van der Waals surface area contributed by atoms with E-state index in [0.717, 1.165) is 34.8 Å². The van der Waals surface area contributed by atoms with Crippen LogP contribution in [0, 0.1) is 19.7 Å². The topological polar surface area (TPSA) is 43.8 Å². The average molecular weight is 301 g/mol. The third kappa shape index (κ3) is 2.69. The van der Waals surface area contributed by atoms with E-state index in [1.807, 2.05) is 17.5 Å². The minimum Gasteiger partial charge on any atom is -0.375 e. The van der Waals surface area contributed by atoms with Crippen LogP contribution in [0.4, 0.5) is 9.52 Å². The number of thiazole rings is 1. The molecule has 0 saturated heterocycles. The number of halogens is 1. The Morgan fingerprint density at radius 3 is 2.57 bits per heavy atom. The minimum atomic E-state index is -0.210. The van der Waals surface area contributed by atoms with E-state index in [9.17, 15) is 4.39 Å². The highest BCUT2D eigenvalue weighted by Gasteiger charge is 2.13. The Morgan fingerprint density at radius 2 is 1.95 bits per heavy atom. The van der Waals surface area contributed by atoms with Crippen molar-refractivity contribution in [2.24, 2.45) is 0 Å². The van der Waals surface area contributed by atoms with Crippen molar-refractivity contribution in [2.45, 2.75) is 20.4 Å². The molecule has 0 aliphatic carbocycles. The van der Waals surface area contributed by atoms with Crippen molar-refractivity contribution in [2.75, 3.05) is 5.73 Å². The normalized spacial score (nSPS) is 11.0. The molecule has 0 aliphatic heterocycles. The molecule has 0 bridgehead atoms. The van der Waals surface area contributed by atoms with Gasteiger partial charge in [-0.2, -0.15) is 0 Å². The molecule has 0 spiro atoms. The Kier molecular flexibility index (Phi) is 3.51. The number of nitrogens with zero attached hydrogens (tertiary/aromatic N) is 2. The molecule has 3 nitrogen and oxygen atoms in total. The molecule has 0 amide bonds. The van der Waals surface area contributed by atoms with Crippen LogP contribution in [-0.2, 0) is 6.54 Å². The number of nitrogen functional groups attached to an aromatic ring is 1. The summed E-state index contributed by atoms with van der Waals surface area (Å²) in [5, 5.41) is 2.55. The molecule has 2 heterocycles. The first-order valence-electron chi connectivity index (χ1n) is 6.67. The fraction of sp³-hybridized carbons (Fsp3) is 0.188. The van der Waals surface area contributed by atoms with Crippen molar-refractivity contribution in [3.05, 3.63) is 58.5 Å². The first-order valence-corrected chi connectivity index (χ1v) is 7.55. The van der Waals surface area contributed by atoms with E-state index in [-0.39, 0.29) is 5.82 Å². The Labute approximate surface area is 126 Å². The Balaban J connectivity index is 1.96. The van der Waals surface area contributed by atoms with Crippen molar-refractivity contribution in [1.29, 1.82) is 0 Å². The molecule has 0 aliphatic rings. The summed E-state index contributed by atoms with van der Waals surface area (Å²) in [5.41, 5.74) is 11.1. The van der Waals surface area contributed by atoms with E-state index >= 15 is 0 Å². The van der Waals surface area contributed by atoms with Gasteiger partial charge >= 0.3 is 0 Å². The lowest BCUT2D eigenvalue weighted by atomic mass is 10.2. The van der Waals surface area contributed by atoms with E-state index in [1.165, 1.54) is 23.5 Å². The second-order valence-corrected chi connectivity index (χ2v) is 5.96. The van der Waals surface area contributed by atoms with Gasteiger partial charge in [-0.05, 0) is 37.6 Å². The maximum Gasteiger partial charge on any atom is 0.180 e. The maximum atomic E-state index is 13.0. The van der Waals surface area contributed by atoms with Crippen LogP contribution in [0.5, 0.6) is 0 Å². The summed E-state index contributed by atoms with van der Waals surface area (Å²) in [7, 11) is 0.